The number of nitrogens with zero attached hydrogens (tertiary/aromatic N) is 2. The zero-order chi connectivity index (χ0) is 30.6. The molecule has 2 aliphatic rings. The number of benzene rings is 1. The van der Waals surface area contributed by atoms with Crippen molar-refractivity contribution in [1.29, 1.82) is 0 Å². The first-order valence-corrected chi connectivity index (χ1v) is 15.0. The number of carbonyl (C=O) groups excluding carboxylic acids is 2. The summed E-state index contributed by atoms with van der Waals surface area (Å²) in [5, 5.41) is 0.552. The van der Waals surface area contributed by atoms with Crippen molar-refractivity contribution in [3.05, 3.63) is 70.4 Å². The smallest absolute Gasteiger partial charge is 0.411 e. The zero-order valence-electron chi connectivity index (χ0n) is 25.5. The van der Waals surface area contributed by atoms with Crippen LogP contribution in [0.4, 0.5) is 4.79 Å². The van der Waals surface area contributed by atoms with Crippen LogP contribution in [0.1, 0.15) is 81.2 Å². The van der Waals surface area contributed by atoms with Crippen LogP contribution in [0.3, 0.4) is 0 Å². The molecule has 1 saturated carbocycles. The Morgan fingerprint density at radius 1 is 1.21 bits per heavy atom. The first kappa shape index (κ1) is 31.8. The van der Waals surface area contributed by atoms with Crippen molar-refractivity contribution in [3.63, 3.8) is 0 Å². The van der Waals surface area contributed by atoms with Crippen molar-refractivity contribution < 1.29 is 28.5 Å². The van der Waals surface area contributed by atoms with Gasteiger partial charge in [0.15, 0.2) is 0 Å². The van der Waals surface area contributed by atoms with Crippen molar-refractivity contribution in [1.82, 2.24) is 9.88 Å². The minimum absolute atomic E-state index is 0.00530. The van der Waals surface area contributed by atoms with E-state index in [1.807, 2.05) is 46.0 Å². The molecule has 0 N–H and O–H groups in total. The van der Waals surface area contributed by atoms with Crippen LogP contribution in [0.2, 0.25) is 5.02 Å². The van der Waals surface area contributed by atoms with Gasteiger partial charge in [-0.2, -0.15) is 0 Å². The third kappa shape index (κ3) is 6.45. The summed E-state index contributed by atoms with van der Waals surface area (Å²) in [6.07, 6.45) is 5.60. The van der Waals surface area contributed by atoms with Crippen molar-refractivity contribution in [3.8, 4) is 5.88 Å². The molecule has 228 valence electrons. The van der Waals surface area contributed by atoms with Gasteiger partial charge in [-0.15, -0.1) is 0 Å². The van der Waals surface area contributed by atoms with Gasteiger partial charge in [0.25, 0.3) is 0 Å². The Labute approximate surface area is 254 Å². The largest absolute Gasteiger partial charge is 0.481 e. The Morgan fingerprint density at radius 2 is 1.95 bits per heavy atom. The monoisotopic (exact) mass is 598 g/mol. The quantitative estimate of drug-likeness (QED) is 0.211. The number of ether oxygens (including phenoxy) is 4. The van der Waals surface area contributed by atoms with Gasteiger partial charge in [-0.05, 0) is 66.8 Å². The number of rotatable bonds is 10. The molecular weight excluding hydrogens is 556 g/mol. The van der Waals surface area contributed by atoms with Gasteiger partial charge in [0.1, 0.15) is 12.6 Å². The summed E-state index contributed by atoms with van der Waals surface area (Å²) in [6.45, 7) is 13.8. The van der Waals surface area contributed by atoms with E-state index in [-0.39, 0.29) is 19.8 Å². The average molecular weight is 599 g/mol. The Kier molecular flexibility index (Phi) is 10.2. The van der Waals surface area contributed by atoms with Crippen LogP contribution in [-0.2, 0) is 25.6 Å². The molecule has 4 atom stereocenters. The van der Waals surface area contributed by atoms with E-state index >= 15 is 0 Å². The summed E-state index contributed by atoms with van der Waals surface area (Å²) in [5.41, 5.74) is 3.08. The molecule has 0 unspecified atom stereocenters. The number of methoxy groups -OCH3 is 1. The van der Waals surface area contributed by atoms with Crippen LogP contribution in [0.15, 0.2) is 43.1 Å². The lowest BCUT2D eigenvalue weighted by molar-refractivity contribution is -0.151. The lowest BCUT2D eigenvalue weighted by Gasteiger charge is -2.35. The van der Waals surface area contributed by atoms with E-state index in [4.69, 9.17) is 30.5 Å². The molecule has 1 saturated heterocycles. The molecule has 0 bridgehead atoms. The first-order valence-electron chi connectivity index (χ1n) is 14.6. The Hall–Kier alpha value is -3.10. The van der Waals surface area contributed by atoms with Crippen LogP contribution in [0.5, 0.6) is 5.88 Å². The number of halogens is 1. The van der Waals surface area contributed by atoms with E-state index in [2.05, 4.69) is 17.6 Å². The molecule has 1 aromatic heterocycles. The number of hydrogen-bond donors (Lipinski definition) is 0. The molecular formula is C33H43ClN2O6. The summed E-state index contributed by atoms with van der Waals surface area (Å²) in [5.74, 6) is 0.0177. The van der Waals surface area contributed by atoms with Crippen LogP contribution in [-0.4, -0.2) is 54.4 Å². The summed E-state index contributed by atoms with van der Waals surface area (Å²) in [4.78, 5) is 33.5. The van der Waals surface area contributed by atoms with Crippen LogP contribution in [0.25, 0.3) is 0 Å². The minimum atomic E-state index is -0.961. The second kappa shape index (κ2) is 13.5. The molecule has 8 nitrogen and oxygen atoms in total. The van der Waals surface area contributed by atoms with Crippen LogP contribution in [0, 0.1) is 18.3 Å². The molecule has 42 heavy (non-hydrogen) atoms. The second-order valence-corrected chi connectivity index (χ2v) is 12.5. The lowest BCUT2D eigenvalue weighted by Crippen LogP contribution is -2.48. The van der Waals surface area contributed by atoms with Gasteiger partial charge in [0, 0.05) is 22.7 Å². The molecule has 1 aromatic carbocycles. The van der Waals surface area contributed by atoms with Crippen molar-refractivity contribution in [2.45, 2.75) is 84.6 Å². The molecule has 2 heterocycles. The maximum atomic E-state index is 13.8. The molecule has 2 aromatic rings. The van der Waals surface area contributed by atoms with Crippen molar-refractivity contribution in [2.75, 3.05) is 20.3 Å². The van der Waals surface area contributed by atoms with Gasteiger partial charge < -0.3 is 18.9 Å². The van der Waals surface area contributed by atoms with E-state index in [0.717, 1.165) is 29.5 Å². The fourth-order valence-corrected chi connectivity index (χ4v) is 6.37. The van der Waals surface area contributed by atoms with E-state index in [0.29, 0.717) is 16.8 Å². The van der Waals surface area contributed by atoms with E-state index in [1.54, 1.807) is 20.1 Å². The average Bonchev–Trinajstić information content (AvgIpc) is 3.27. The molecule has 2 fully saturated rings. The first-order chi connectivity index (χ1) is 20.0. The van der Waals surface area contributed by atoms with Gasteiger partial charge in [0.05, 0.1) is 32.5 Å². The van der Waals surface area contributed by atoms with Crippen LogP contribution >= 0.6 is 11.6 Å². The van der Waals surface area contributed by atoms with Crippen molar-refractivity contribution in [2.24, 2.45) is 11.3 Å². The van der Waals surface area contributed by atoms with E-state index in [1.165, 1.54) is 23.0 Å². The Balaban J connectivity index is 1.85. The standard InChI is InChI=1S/C33H43ClN2O6/c1-8-16-41-32(38)36-27(24-14-11-15-25(34)20(24)3)29(26(33(4,5)6)28(36)31(37)40-9-2)42-19-23-17-22(21-12-10-13-21)18-35-30(23)39-7/h8,11,14-15,17-18,21,26-29H,1,9-10,12-13,16,19H2,2-7H3/t26-,27+,28+,29+/m1/s1. The molecule has 0 radical (unpaired) electrons. The highest BCUT2D eigenvalue weighted by atomic mass is 35.5. The summed E-state index contributed by atoms with van der Waals surface area (Å²) in [6, 6.07) is 6.02. The third-order valence-electron chi connectivity index (χ3n) is 8.44. The van der Waals surface area contributed by atoms with Gasteiger partial charge in [-0.3, -0.25) is 4.90 Å². The fraction of sp³-hybridized carbons (Fsp3) is 0.545. The summed E-state index contributed by atoms with van der Waals surface area (Å²) < 4.78 is 23.6. The predicted octanol–water partition coefficient (Wildman–Crippen LogP) is 7.18. The zero-order valence-corrected chi connectivity index (χ0v) is 26.3. The number of carbonyl (C=O) groups is 2. The van der Waals surface area contributed by atoms with Gasteiger partial charge in [-0.1, -0.05) is 63.6 Å². The maximum absolute atomic E-state index is 13.8. The molecule has 9 heteroatoms. The molecule has 1 amide bonds. The normalized spacial score (nSPS) is 22.4. The number of aromatic nitrogens is 1. The van der Waals surface area contributed by atoms with Crippen LogP contribution < -0.4 is 4.74 Å². The molecule has 1 aliphatic heterocycles. The van der Waals surface area contributed by atoms with E-state index in [9.17, 15) is 9.59 Å². The number of amides is 1. The topological polar surface area (TPSA) is 87.2 Å². The summed E-state index contributed by atoms with van der Waals surface area (Å²) >= 11 is 6.60. The fourth-order valence-electron chi connectivity index (χ4n) is 6.19. The minimum Gasteiger partial charge on any atom is -0.481 e. The molecule has 4 rings (SSSR count). The highest BCUT2D eigenvalue weighted by molar-refractivity contribution is 6.31. The molecule has 1 aliphatic carbocycles. The van der Waals surface area contributed by atoms with Gasteiger partial charge in [-0.25, -0.2) is 14.6 Å². The highest BCUT2D eigenvalue weighted by Gasteiger charge is 2.60. The lowest BCUT2D eigenvalue weighted by atomic mass is 9.73. The number of likely N-dealkylation sites (tertiary alicyclic amines) is 1. The number of hydrogen-bond acceptors (Lipinski definition) is 7. The van der Waals surface area contributed by atoms with Gasteiger partial charge in [0.2, 0.25) is 5.88 Å². The SMILES string of the molecule is C=CCOC(=O)N1[C@H](C(=O)OCC)[C@@H](C(C)(C)C)[C@H](OCc2cc(C3CCC3)cnc2OC)[C@@H]1c1cccc(Cl)c1C. The van der Waals surface area contributed by atoms with Crippen molar-refractivity contribution >= 4 is 23.7 Å². The van der Waals surface area contributed by atoms with E-state index < -0.39 is 41.6 Å². The predicted molar refractivity (Wildman–Crippen MR) is 162 cm³/mol. The number of pyridine rings is 1. The Bertz CT molecular complexity index is 1290. The maximum Gasteiger partial charge on any atom is 0.411 e. The highest BCUT2D eigenvalue weighted by Crippen LogP contribution is 2.51. The second-order valence-electron chi connectivity index (χ2n) is 12.1. The Morgan fingerprint density at radius 3 is 2.55 bits per heavy atom. The number of esters is 1. The third-order valence-corrected chi connectivity index (χ3v) is 8.85. The van der Waals surface area contributed by atoms with Gasteiger partial charge >= 0.3 is 12.1 Å². The molecule has 0 spiro atoms. The summed E-state index contributed by atoms with van der Waals surface area (Å²) in [7, 11) is 1.59.